The number of benzene rings is 11. The van der Waals surface area contributed by atoms with Crippen molar-refractivity contribution in [3.63, 3.8) is 0 Å². The Labute approximate surface area is 416 Å². The molecular formula is C66H42BN5. The molecule has 14 aromatic rings. The van der Waals surface area contributed by atoms with Crippen LogP contribution in [0.4, 0.5) is 34.1 Å². The van der Waals surface area contributed by atoms with Gasteiger partial charge in [-0.25, -0.2) is 0 Å². The van der Waals surface area contributed by atoms with Crippen LogP contribution >= 0.6 is 0 Å². The Morgan fingerprint density at radius 3 is 1.08 bits per heavy atom. The highest BCUT2D eigenvalue weighted by Crippen LogP contribution is 2.51. The van der Waals surface area contributed by atoms with E-state index in [9.17, 15) is 0 Å². The van der Waals surface area contributed by atoms with Crippen molar-refractivity contribution in [2.75, 3.05) is 9.80 Å². The normalized spacial score (nSPS) is 12.9. The largest absolute Gasteiger partial charge is 0.311 e. The molecule has 2 aliphatic rings. The van der Waals surface area contributed by atoms with E-state index in [2.05, 4.69) is 278 Å². The van der Waals surface area contributed by atoms with Crippen LogP contribution < -0.4 is 26.2 Å². The zero-order valence-corrected chi connectivity index (χ0v) is 39.1. The van der Waals surface area contributed by atoms with Gasteiger partial charge in [0.1, 0.15) is 0 Å². The van der Waals surface area contributed by atoms with Crippen molar-refractivity contribution >= 4 is 123 Å². The van der Waals surface area contributed by atoms with E-state index in [1.807, 2.05) is 0 Å². The number of hydrogen-bond donors (Lipinski definition) is 0. The Kier molecular flexibility index (Phi) is 8.19. The number of para-hydroxylation sites is 8. The minimum absolute atomic E-state index is 0.109. The molecule has 5 heterocycles. The Bertz CT molecular complexity index is 4410. The standard InChI is InChI=1S/C66H42BN5/c1-4-20-43(21-5-1)68-59-35-19-14-30-52(59)64-62(68)42-63-65-66(64)72(45-24-8-3-9-25-45)61-41-47(71-57-33-17-12-28-50(57)51-29-13-18-34-58(51)71)37-39-54(61)67(65)53-38-36-46(40-60(53)69(63)44-22-6-2-7-23-44)70-55-31-15-10-26-48(55)49-27-11-16-32-56(49)70/h1-42H. The van der Waals surface area contributed by atoms with Crippen LogP contribution in [-0.2, 0) is 0 Å². The molecule has 0 atom stereocenters. The summed E-state index contributed by atoms with van der Waals surface area (Å²) < 4.78 is 7.40. The zero-order valence-electron chi connectivity index (χ0n) is 39.1. The monoisotopic (exact) mass is 915 g/mol. The van der Waals surface area contributed by atoms with Gasteiger partial charge in [-0.1, -0.05) is 158 Å². The lowest BCUT2D eigenvalue weighted by Gasteiger charge is -2.44. The molecule has 0 aliphatic carbocycles. The van der Waals surface area contributed by atoms with E-state index >= 15 is 0 Å². The lowest BCUT2D eigenvalue weighted by molar-refractivity contribution is 1.16. The molecule has 0 saturated heterocycles. The van der Waals surface area contributed by atoms with E-state index in [4.69, 9.17) is 0 Å². The summed E-state index contributed by atoms with van der Waals surface area (Å²) >= 11 is 0. The zero-order chi connectivity index (χ0) is 47.0. The van der Waals surface area contributed by atoms with Crippen LogP contribution in [0.5, 0.6) is 0 Å². The Hall–Kier alpha value is -9.52. The Balaban J connectivity index is 1.07. The molecule has 334 valence electrons. The SMILES string of the molecule is c1ccc(N2c3cc(-n4c5ccccc5c5ccccc54)ccc3B3c4ccc(-n5c6ccccc6c6ccccc65)cc4N(c4ccccc4)c4c3c2cc2c4c3ccccc3n2-c2ccccc2)cc1. The number of anilines is 6. The smallest absolute Gasteiger partial charge is 0.252 e. The number of fused-ring (bicyclic) bond motifs is 14. The molecule has 5 nitrogen and oxygen atoms in total. The summed E-state index contributed by atoms with van der Waals surface area (Å²) in [5, 5.41) is 7.44. The Morgan fingerprint density at radius 2 is 0.611 bits per heavy atom. The molecule has 0 unspecified atom stereocenters. The van der Waals surface area contributed by atoms with E-state index in [0.29, 0.717) is 0 Å². The van der Waals surface area contributed by atoms with Crippen LogP contribution in [0, 0.1) is 0 Å². The quantitative estimate of drug-likeness (QED) is 0.160. The third-order valence-corrected chi connectivity index (χ3v) is 15.6. The first-order valence-electron chi connectivity index (χ1n) is 24.9. The molecule has 0 fully saturated rings. The van der Waals surface area contributed by atoms with Gasteiger partial charge in [0.2, 0.25) is 0 Å². The van der Waals surface area contributed by atoms with E-state index in [0.717, 1.165) is 39.6 Å². The Morgan fingerprint density at radius 1 is 0.250 bits per heavy atom. The van der Waals surface area contributed by atoms with Crippen LogP contribution in [0.25, 0.3) is 82.5 Å². The average molecular weight is 916 g/mol. The molecule has 11 aromatic carbocycles. The van der Waals surface area contributed by atoms with Crippen molar-refractivity contribution in [3.8, 4) is 17.1 Å². The first kappa shape index (κ1) is 39.3. The van der Waals surface area contributed by atoms with Gasteiger partial charge < -0.3 is 23.5 Å². The molecule has 0 spiro atoms. The van der Waals surface area contributed by atoms with E-state index < -0.39 is 0 Å². The third kappa shape index (κ3) is 5.38. The molecule has 0 radical (unpaired) electrons. The fourth-order valence-corrected chi connectivity index (χ4v) is 12.7. The van der Waals surface area contributed by atoms with E-state index in [1.165, 1.54) is 93.4 Å². The number of hydrogen-bond acceptors (Lipinski definition) is 2. The summed E-state index contributed by atoms with van der Waals surface area (Å²) in [7, 11) is 0. The molecule has 72 heavy (non-hydrogen) atoms. The van der Waals surface area contributed by atoms with Crippen LogP contribution in [0.15, 0.2) is 255 Å². The van der Waals surface area contributed by atoms with Crippen molar-refractivity contribution in [2.45, 2.75) is 0 Å². The lowest BCUT2D eigenvalue weighted by Crippen LogP contribution is -2.61. The summed E-state index contributed by atoms with van der Waals surface area (Å²) in [5.41, 5.74) is 21.2. The van der Waals surface area contributed by atoms with Crippen molar-refractivity contribution in [1.29, 1.82) is 0 Å². The summed E-state index contributed by atoms with van der Waals surface area (Å²) in [6.45, 7) is -0.109. The lowest BCUT2D eigenvalue weighted by atomic mass is 9.33. The van der Waals surface area contributed by atoms with Gasteiger partial charge >= 0.3 is 0 Å². The molecule has 2 aliphatic heterocycles. The highest BCUT2D eigenvalue weighted by atomic mass is 15.2. The highest BCUT2D eigenvalue weighted by Gasteiger charge is 2.45. The van der Waals surface area contributed by atoms with Gasteiger partial charge in [0, 0.05) is 77.8 Å². The molecule has 3 aromatic heterocycles. The topological polar surface area (TPSA) is 21.3 Å². The van der Waals surface area contributed by atoms with E-state index in [-0.39, 0.29) is 6.71 Å². The second-order valence-corrected chi connectivity index (χ2v) is 19.2. The fraction of sp³-hybridized carbons (Fsp3) is 0. The second-order valence-electron chi connectivity index (χ2n) is 19.2. The summed E-state index contributed by atoms with van der Waals surface area (Å²) in [5.74, 6) is 0. The van der Waals surface area contributed by atoms with Gasteiger partial charge in [0.05, 0.1) is 38.8 Å². The number of nitrogens with zero attached hydrogens (tertiary/aromatic N) is 5. The van der Waals surface area contributed by atoms with Gasteiger partial charge in [-0.3, -0.25) is 0 Å². The third-order valence-electron chi connectivity index (χ3n) is 15.6. The molecule has 0 saturated carbocycles. The van der Waals surface area contributed by atoms with Crippen molar-refractivity contribution < 1.29 is 0 Å². The average Bonchev–Trinajstić information content (AvgIpc) is 4.09. The van der Waals surface area contributed by atoms with Crippen LogP contribution in [0.1, 0.15) is 0 Å². The first-order valence-corrected chi connectivity index (χ1v) is 24.9. The number of aromatic nitrogens is 3. The number of rotatable bonds is 5. The maximum absolute atomic E-state index is 2.59. The van der Waals surface area contributed by atoms with Crippen LogP contribution in [0.2, 0.25) is 0 Å². The second kappa shape index (κ2) is 15.0. The predicted octanol–water partition coefficient (Wildman–Crippen LogP) is 15.1. The minimum atomic E-state index is -0.109. The minimum Gasteiger partial charge on any atom is -0.311 e. The maximum atomic E-state index is 2.59. The van der Waals surface area contributed by atoms with Gasteiger partial charge in [0.25, 0.3) is 6.71 Å². The van der Waals surface area contributed by atoms with Gasteiger partial charge in [-0.05, 0) is 113 Å². The maximum Gasteiger partial charge on any atom is 0.252 e. The van der Waals surface area contributed by atoms with Gasteiger partial charge in [0.15, 0.2) is 0 Å². The summed E-state index contributed by atoms with van der Waals surface area (Å²) in [4.78, 5) is 5.14. The molecule has 16 rings (SSSR count). The summed E-state index contributed by atoms with van der Waals surface area (Å²) in [6, 6.07) is 94.3. The molecule has 0 bridgehead atoms. The van der Waals surface area contributed by atoms with Crippen molar-refractivity contribution in [2.24, 2.45) is 0 Å². The first-order chi connectivity index (χ1) is 35.8. The van der Waals surface area contributed by atoms with Gasteiger partial charge in [-0.2, -0.15) is 0 Å². The summed E-state index contributed by atoms with van der Waals surface area (Å²) in [6.07, 6.45) is 0. The van der Waals surface area contributed by atoms with Gasteiger partial charge in [-0.15, -0.1) is 0 Å². The van der Waals surface area contributed by atoms with Crippen LogP contribution in [0.3, 0.4) is 0 Å². The molecule has 6 heteroatoms. The van der Waals surface area contributed by atoms with Crippen molar-refractivity contribution in [3.05, 3.63) is 255 Å². The molecule has 0 N–H and O–H groups in total. The van der Waals surface area contributed by atoms with Crippen molar-refractivity contribution in [1.82, 2.24) is 13.7 Å². The predicted molar refractivity (Wildman–Crippen MR) is 303 cm³/mol. The van der Waals surface area contributed by atoms with E-state index in [1.54, 1.807) is 0 Å². The fourth-order valence-electron chi connectivity index (χ4n) is 12.7. The molecule has 0 amide bonds. The van der Waals surface area contributed by atoms with Crippen LogP contribution in [-0.4, -0.2) is 20.4 Å². The molecular weight excluding hydrogens is 874 g/mol. The highest BCUT2D eigenvalue weighted by molar-refractivity contribution is 7.00.